The zero-order valence-electron chi connectivity index (χ0n) is 14.3. The van der Waals surface area contributed by atoms with E-state index in [-0.39, 0.29) is 24.6 Å². The van der Waals surface area contributed by atoms with Crippen molar-refractivity contribution in [2.45, 2.75) is 18.9 Å². The molecule has 0 aliphatic heterocycles. The van der Waals surface area contributed by atoms with Gasteiger partial charge >= 0.3 is 11.9 Å². The summed E-state index contributed by atoms with van der Waals surface area (Å²) in [5.74, 6) is -0.674. The van der Waals surface area contributed by atoms with Crippen molar-refractivity contribution < 1.29 is 19.1 Å². The van der Waals surface area contributed by atoms with Crippen molar-refractivity contribution in [3.8, 4) is 0 Å². The van der Waals surface area contributed by atoms with Crippen molar-refractivity contribution in [2.75, 3.05) is 6.61 Å². The Balaban J connectivity index is 1.52. The summed E-state index contributed by atoms with van der Waals surface area (Å²) in [6, 6.07) is 17.8. The largest absolute Gasteiger partial charge is 0.458 e. The van der Waals surface area contributed by atoms with E-state index < -0.39 is 0 Å². The van der Waals surface area contributed by atoms with E-state index >= 15 is 0 Å². The van der Waals surface area contributed by atoms with Gasteiger partial charge in [0.25, 0.3) is 0 Å². The number of carbonyl (C=O) groups is 2. The molecule has 1 aliphatic carbocycles. The molecule has 1 unspecified atom stereocenters. The van der Waals surface area contributed by atoms with E-state index in [0.29, 0.717) is 24.0 Å². The van der Waals surface area contributed by atoms with Crippen molar-refractivity contribution in [2.24, 2.45) is 0 Å². The average molecular weight is 348 g/mol. The monoisotopic (exact) mass is 348 g/mol. The quantitative estimate of drug-likeness (QED) is 0.754. The minimum Gasteiger partial charge on any atom is -0.458 e. The van der Waals surface area contributed by atoms with E-state index in [1.165, 1.54) is 0 Å². The number of benzene rings is 2. The third kappa shape index (κ3) is 4.93. The molecule has 0 radical (unpaired) electrons. The van der Waals surface area contributed by atoms with Crippen LogP contribution in [-0.4, -0.2) is 24.6 Å². The molecule has 26 heavy (non-hydrogen) atoms. The van der Waals surface area contributed by atoms with Gasteiger partial charge in [0.2, 0.25) is 0 Å². The Morgan fingerprint density at radius 2 is 1.46 bits per heavy atom. The molecule has 0 fully saturated rings. The molecule has 0 saturated heterocycles. The summed E-state index contributed by atoms with van der Waals surface area (Å²) in [6.45, 7) is 0.198. The summed E-state index contributed by atoms with van der Waals surface area (Å²) in [7, 11) is 0. The van der Waals surface area contributed by atoms with Gasteiger partial charge < -0.3 is 9.47 Å². The first-order chi connectivity index (χ1) is 12.7. The van der Waals surface area contributed by atoms with Crippen LogP contribution in [0.25, 0.3) is 0 Å². The average Bonchev–Trinajstić information content (AvgIpc) is 2.92. The van der Waals surface area contributed by atoms with E-state index in [1.54, 1.807) is 36.4 Å². The highest BCUT2D eigenvalue weighted by Gasteiger charge is 2.16. The topological polar surface area (TPSA) is 52.6 Å². The first-order valence-corrected chi connectivity index (χ1v) is 8.56. The van der Waals surface area contributed by atoms with Gasteiger partial charge in [-0.2, -0.15) is 0 Å². The molecule has 3 rings (SSSR count). The molecule has 1 atom stereocenters. The highest BCUT2D eigenvalue weighted by atomic mass is 16.5. The fourth-order valence-corrected chi connectivity index (χ4v) is 2.62. The Kier molecular flexibility index (Phi) is 5.99. The van der Waals surface area contributed by atoms with E-state index in [2.05, 4.69) is 0 Å². The van der Waals surface area contributed by atoms with Crippen LogP contribution in [0.2, 0.25) is 0 Å². The van der Waals surface area contributed by atoms with Gasteiger partial charge in [-0.1, -0.05) is 54.6 Å². The Morgan fingerprint density at radius 3 is 2.12 bits per heavy atom. The van der Waals surface area contributed by atoms with E-state index in [4.69, 9.17) is 9.47 Å². The molecule has 1 aliphatic rings. The fourth-order valence-electron chi connectivity index (χ4n) is 2.62. The molecule has 4 nitrogen and oxygen atoms in total. The molecule has 0 amide bonds. The Bertz CT molecular complexity index is 807. The first-order valence-electron chi connectivity index (χ1n) is 8.56. The summed E-state index contributed by atoms with van der Waals surface area (Å²) in [6.07, 6.45) is 6.80. The minimum atomic E-state index is -0.351. The van der Waals surface area contributed by atoms with Crippen molar-refractivity contribution in [3.05, 3.63) is 95.6 Å². The molecule has 0 N–H and O–H groups in total. The van der Waals surface area contributed by atoms with Crippen LogP contribution < -0.4 is 0 Å². The number of hydrogen-bond acceptors (Lipinski definition) is 4. The standard InChI is InChI=1S/C22H20O4/c23-21(18-9-3-1-4-10-18)25-16-17-8-7-13-20(15-14-17)26-22(24)19-11-5-2-6-12-19/h1-12,14,20H,13,15-16H2. The highest BCUT2D eigenvalue weighted by molar-refractivity contribution is 5.89. The van der Waals surface area contributed by atoms with Gasteiger partial charge in [0.15, 0.2) is 0 Å². The van der Waals surface area contributed by atoms with Crippen molar-refractivity contribution in [1.29, 1.82) is 0 Å². The van der Waals surface area contributed by atoms with Crippen LogP contribution in [0.1, 0.15) is 33.6 Å². The molecule has 0 heterocycles. The molecule has 0 aromatic heterocycles. The zero-order valence-corrected chi connectivity index (χ0v) is 14.3. The third-order valence-corrected chi connectivity index (χ3v) is 4.04. The van der Waals surface area contributed by atoms with Gasteiger partial charge in [-0.05, 0) is 29.8 Å². The number of hydrogen-bond donors (Lipinski definition) is 0. The summed E-state index contributed by atoms with van der Waals surface area (Å²) in [5, 5.41) is 0. The summed E-state index contributed by atoms with van der Waals surface area (Å²) in [4.78, 5) is 24.1. The Morgan fingerprint density at radius 1 is 0.846 bits per heavy atom. The minimum absolute atomic E-state index is 0.198. The van der Waals surface area contributed by atoms with Crippen LogP contribution in [-0.2, 0) is 9.47 Å². The second kappa shape index (κ2) is 8.81. The van der Waals surface area contributed by atoms with Crippen LogP contribution >= 0.6 is 0 Å². The lowest BCUT2D eigenvalue weighted by molar-refractivity contribution is 0.0315. The van der Waals surface area contributed by atoms with Crippen LogP contribution in [0.15, 0.2) is 84.5 Å². The summed E-state index contributed by atoms with van der Waals surface area (Å²) >= 11 is 0. The Labute approximate surface area is 152 Å². The maximum absolute atomic E-state index is 12.1. The molecule has 0 saturated carbocycles. The third-order valence-electron chi connectivity index (χ3n) is 4.04. The van der Waals surface area contributed by atoms with E-state index in [1.807, 2.05) is 42.5 Å². The van der Waals surface area contributed by atoms with Crippen molar-refractivity contribution >= 4 is 11.9 Å². The molecule has 0 spiro atoms. The zero-order chi connectivity index (χ0) is 18.2. The lowest BCUT2D eigenvalue weighted by Gasteiger charge is -2.14. The molecule has 132 valence electrons. The number of rotatable bonds is 5. The molecule has 2 aromatic carbocycles. The number of esters is 2. The molecular formula is C22H20O4. The predicted molar refractivity (Wildman–Crippen MR) is 98.8 cm³/mol. The normalized spacial score (nSPS) is 16.3. The summed E-state index contributed by atoms with van der Waals surface area (Å²) in [5.41, 5.74) is 1.97. The van der Waals surface area contributed by atoms with Crippen LogP contribution in [0.4, 0.5) is 0 Å². The van der Waals surface area contributed by atoms with Crippen LogP contribution in [0.5, 0.6) is 0 Å². The molecule has 4 heteroatoms. The van der Waals surface area contributed by atoms with Crippen molar-refractivity contribution in [1.82, 2.24) is 0 Å². The predicted octanol–water partition coefficient (Wildman–Crippen LogP) is 4.35. The highest BCUT2D eigenvalue weighted by Crippen LogP contribution is 2.17. The van der Waals surface area contributed by atoms with Gasteiger partial charge in [0.1, 0.15) is 12.7 Å². The maximum Gasteiger partial charge on any atom is 0.338 e. The smallest absolute Gasteiger partial charge is 0.338 e. The van der Waals surface area contributed by atoms with Gasteiger partial charge in [-0.3, -0.25) is 0 Å². The second-order valence-corrected chi connectivity index (χ2v) is 5.99. The first kappa shape index (κ1) is 17.7. The molecule has 2 aromatic rings. The van der Waals surface area contributed by atoms with E-state index in [9.17, 15) is 9.59 Å². The number of carbonyl (C=O) groups excluding carboxylic acids is 2. The van der Waals surface area contributed by atoms with Crippen LogP contribution in [0.3, 0.4) is 0 Å². The second-order valence-electron chi connectivity index (χ2n) is 5.99. The van der Waals surface area contributed by atoms with Crippen LogP contribution in [0, 0.1) is 0 Å². The summed E-state index contributed by atoms with van der Waals surface area (Å²) < 4.78 is 10.9. The van der Waals surface area contributed by atoms with Gasteiger partial charge in [-0.25, -0.2) is 9.59 Å². The lowest BCUT2D eigenvalue weighted by Crippen LogP contribution is -2.16. The SMILES string of the molecule is O=C(OCC1=CCC(OC(=O)c2ccccc2)CC=C1)c1ccccc1. The maximum atomic E-state index is 12.1. The van der Waals surface area contributed by atoms with Gasteiger partial charge in [0.05, 0.1) is 11.1 Å². The molecule has 0 bridgehead atoms. The van der Waals surface area contributed by atoms with E-state index in [0.717, 1.165) is 5.57 Å². The van der Waals surface area contributed by atoms with Gasteiger partial charge in [-0.15, -0.1) is 0 Å². The fraction of sp³-hybridized carbons (Fsp3) is 0.182. The van der Waals surface area contributed by atoms with Crippen molar-refractivity contribution in [3.63, 3.8) is 0 Å². The number of ether oxygens (including phenoxy) is 2. The Hall–Kier alpha value is -3.14. The van der Waals surface area contributed by atoms with Gasteiger partial charge in [0, 0.05) is 12.8 Å². The molecular weight excluding hydrogens is 328 g/mol. The lowest BCUT2D eigenvalue weighted by atomic mass is 10.2.